The van der Waals surface area contributed by atoms with Crippen LogP contribution in [0.3, 0.4) is 0 Å². The van der Waals surface area contributed by atoms with E-state index in [1.165, 1.54) is 22.6 Å². The van der Waals surface area contributed by atoms with Gasteiger partial charge in [0.1, 0.15) is 0 Å². The van der Waals surface area contributed by atoms with Crippen LogP contribution in [0.4, 0.5) is 26.3 Å². The van der Waals surface area contributed by atoms with E-state index in [2.05, 4.69) is 0 Å². The standard InChI is InChI=1S/C6H6F6I2O/c7-4(8,1-3(13)2-15)5(9,10)6(11,12)14/h3,15H,1-2H2. The van der Waals surface area contributed by atoms with Gasteiger partial charge in [-0.1, -0.05) is 22.6 Å². The van der Waals surface area contributed by atoms with E-state index >= 15 is 0 Å². The van der Waals surface area contributed by atoms with E-state index in [-0.39, 0.29) is 22.6 Å². The third kappa shape index (κ3) is 3.75. The molecule has 1 unspecified atom stereocenters. The summed E-state index contributed by atoms with van der Waals surface area (Å²) in [5.74, 6) is -10.3. The van der Waals surface area contributed by atoms with Crippen molar-refractivity contribution in [3.63, 3.8) is 0 Å². The van der Waals surface area contributed by atoms with Gasteiger partial charge in [-0.3, -0.25) is 0 Å². The minimum Gasteiger partial charge on any atom is -0.395 e. The van der Waals surface area contributed by atoms with E-state index in [0.717, 1.165) is 0 Å². The zero-order valence-corrected chi connectivity index (χ0v) is 11.3. The van der Waals surface area contributed by atoms with Crippen LogP contribution >= 0.6 is 45.2 Å². The predicted octanol–water partition coefficient (Wildman–Crippen LogP) is 3.47. The first-order chi connectivity index (χ1) is 6.45. The molecule has 92 valence electrons. The SMILES string of the molecule is OCC(I)CC(F)(F)C(F)(F)C(F)(F)I. The second-order valence-corrected chi connectivity index (χ2v) is 5.88. The van der Waals surface area contributed by atoms with Crippen molar-refractivity contribution in [1.82, 2.24) is 0 Å². The Morgan fingerprint density at radius 1 is 1.07 bits per heavy atom. The molecule has 0 rings (SSSR count). The number of hydrogen-bond donors (Lipinski definition) is 1. The molecule has 0 heterocycles. The first kappa shape index (κ1) is 16.0. The zero-order valence-electron chi connectivity index (χ0n) is 6.96. The van der Waals surface area contributed by atoms with Crippen molar-refractivity contribution in [2.45, 2.75) is 26.1 Å². The lowest BCUT2D eigenvalue weighted by molar-refractivity contribution is -0.272. The highest BCUT2D eigenvalue weighted by atomic mass is 127. The Hall–Kier alpha value is 1.000. The zero-order chi connectivity index (χ0) is 12.5. The largest absolute Gasteiger partial charge is 0.395 e. The van der Waals surface area contributed by atoms with Crippen molar-refractivity contribution in [3.8, 4) is 0 Å². The fourth-order valence-corrected chi connectivity index (χ4v) is 1.63. The van der Waals surface area contributed by atoms with Crippen LogP contribution in [-0.4, -0.2) is 31.4 Å². The number of rotatable bonds is 5. The molecule has 0 saturated carbocycles. The van der Waals surface area contributed by atoms with E-state index in [9.17, 15) is 26.3 Å². The summed E-state index contributed by atoms with van der Waals surface area (Å²) in [7, 11) is 0. The van der Waals surface area contributed by atoms with Gasteiger partial charge in [-0.2, -0.15) is 26.3 Å². The molecule has 9 heteroatoms. The predicted molar refractivity (Wildman–Crippen MR) is 58.4 cm³/mol. The molecule has 0 spiro atoms. The Bertz CT molecular complexity index is 216. The number of alkyl halides is 8. The molecule has 0 amide bonds. The second-order valence-electron chi connectivity index (χ2n) is 2.76. The van der Waals surface area contributed by atoms with Crippen LogP contribution in [0.25, 0.3) is 0 Å². The number of aliphatic hydroxyl groups excluding tert-OH is 1. The van der Waals surface area contributed by atoms with Gasteiger partial charge in [-0.05, 0) is 0 Å². The highest BCUT2D eigenvalue weighted by molar-refractivity contribution is 14.1. The molecular formula is C6H6F6I2O. The quantitative estimate of drug-likeness (QED) is 0.378. The van der Waals surface area contributed by atoms with Gasteiger partial charge in [-0.15, -0.1) is 0 Å². The van der Waals surface area contributed by atoms with Crippen molar-refractivity contribution in [3.05, 3.63) is 0 Å². The molecule has 0 bridgehead atoms. The minimum atomic E-state index is -5.43. The normalized spacial score (nSPS) is 16.6. The maximum absolute atomic E-state index is 12.8. The average molecular weight is 462 g/mol. The Morgan fingerprint density at radius 3 is 1.73 bits per heavy atom. The van der Waals surface area contributed by atoms with Crippen molar-refractivity contribution in [2.75, 3.05) is 6.61 Å². The van der Waals surface area contributed by atoms with Gasteiger partial charge in [0, 0.05) is 32.9 Å². The van der Waals surface area contributed by atoms with Crippen molar-refractivity contribution < 1.29 is 31.4 Å². The van der Waals surface area contributed by atoms with E-state index < -0.39 is 32.7 Å². The van der Waals surface area contributed by atoms with Gasteiger partial charge < -0.3 is 5.11 Å². The summed E-state index contributed by atoms with van der Waals surface area (Å²) < 4.78 is 69.2. The first-order valence-electron chi connectivity index (χ1n) is 3.53. The van der Waals surface area contributed by atoms with Crippen LogP contribution in [0.1, 0.15) is 6.42 Å². The molecule has 1 N–H and O–H groups in total. The van der Waals surface area contributed by atoms with Crippen LogP contribution < -0.4 is 0 Å². The van der Waals surface area contributed by atoms with Crippen molar-refractivity contribution in [2.24, 2.45) is 0 Å². The fourth-order valence-electron chi connectivity index (χ4n) is 0.678. The highest BCUT2D eigenvalue weighted by Crippen LogP contribution is 2.51. The summed E-state index contributed by atoms with van der Waals surface area (Å²) in [4.78, 5) is 0. The summed E-state index contributed by atoms with van der Waals surface area (Å²) in [6, 6.07) is 0. The molecule has 0 radical (unpaired) electrons. The Labute approximate surface area is 109 Å². The Morgan fingerprint density at radius 2 is 1.47 bits per heavy atom. The van der Waals surface area contributed by atoms with Gasteiger partial charge >= 0.3 is 15.8 Å². The van der Waals surface area contributed by atoms with E-state index in [4.69, 9.17) is 5.11 Å². The second kappa shape index (κ2) is 5.10. The molecule has 15 heavy (non-hydrogen) atoms. The highest BCUT2D eigenvalue weighted by Gasteiger charge is 2.70. The summed E-state index contributed by atoms with van der Waals surface area (Å²) in [5, 5.41) is 8.39. The summed E-state index contributed by atoms with van der Waals surface area (Å²) in [6.07, 6.45) is -1.50. The van der Waals surface area contributed by atoms with Crippen molar-refractivity contribution in [1.29, 1.82) is 0 Å². The van der Waals surface area contributed by atoms with E-state index in [1.807, 2.05) is 0 Å². The Kier molecular flexibility index (Phi) is 5.44. The molecule has 1 atom stereocenters. The molecule has 0 aliphatic carbocycles. The fraction of sp³-hybridized carbons (Fsp3) is 1.00. The van der Waals surface area contributed by atoms with Crippen molar-refractivity contribution >= 4 is 45.2 Å². The van der Waals surface area contributed by atoms with Crippen LogP contribution in [0.2, 0.25) is 0 Å². The molecule has 0 aliphatic rings. The lowest BCUT2D eigenvalue weighted by Crippen LogP contribution is -2.52. The molecule has 0 aliphatic heterocycles. The summed E-state index contributed by atoms with van der Waals surface area (Å²) in [6.45, 7) is -0.779. The monoisotopic (exact) mass is 462 g/mol. The Balaban J connectivity index is 4.85. The number of aliphatic hydroxyl groups is 1. The third-order valence-corrected chi connectivity index (χ3v) is 3.00. The molecule has 0 aromatic carbocycles. The lowest BCUT2D eigenvalue weighted by atomic mass is 10.1. The van der Waals surface area contributed by atoms with Crippen LogP contribution in [0.15, 0.2) is 0 Å². The van der Waals surface area contributed by atoms with Crippen LogP contribution in [0, 0.1) is 0 Å². The lowest BCUT2D eigenvalue weighted by Gasteiger charge is -2.30. The minimum absolute atomic E-state index is 0.0248. The number of hydrogen-bond acceptors (Lipinski definition) is 1. The van der Waals surface area contributed by atoms with E-state index in [1.54, 1.807) is 0 Å². The van der Waals surface area contributed by atoms with Crippen LogP contribution in [-0.2, 0) is 0 Å². The average Bonchev–Trinajstić information content (AvgIpc) is 2.00. The molecular weight excluding hydrogens is 456 g/mol. The molecule has 0 saturated heterocycles. The number of halogens is 8. The maximum atomic E-state index is 12.8. The third-order valence-electron chi connectivity index (χ3n) is 1.49. The van der Waals surface area contributed by atoms with Gasteiger partial charge in [-0.25, -0.2) is 0 Å². The first-order valence-corrected chi connectivity index (χ1v) is 5.85. The molecule has 0 aromatic heterocycles. The molecule has 0 fully saturated rings. The van der Waals surface area contributed by atoms with Gasteiger partial charge in [0.15, 0.2) is 0 Å². The van der Waals surface area contributed by atoms with E-state index in [0.29, 0.717) is 0 Å². The topological polar surface area (TPSA) is 20.2 Å². The van der Waals surface area contributed by atoms with Gasteiger partial charge in [0.2, 0.25) is 0 Å². The van der Waals surface area contributed by atoms with Gasteiger partial charge in [0.25, 0.3) is 0 Å². The molecule has 0 aromatic rings. The smallest absolute Gasteiger partial charge is 0.381 e. The molecule has 1 nitrogen and oxygen atoms in total. The summed E-state index contributed by atoms with van der Waals surface area (Å²) in [5.41, 5.74) is 0. The summed E-state index contributed by atoms with van der Waals surface area (Å²) >= 11 is 1.26. The maximum Gasteiger partial charge on any atom is 0.381 e. The van der Waals surface area contributed by atoms with Gasteiger partial charge in [0.05, 0.1) is 6.61 Å². The van der Waals surface area contributed by atoms with Crippen LogP contribution in [0.5, 0.6) is 0 Å².